The van der Waals surface area contributed by atoms with Crippen molar-refractivity contribution in [2.75, 3.05) is 38.6 Å². The predicted octanol–water partition coefficient (Wildman–Crippen LogP) is 3.63. The summed E-state index contributed by atoms with van der Waals surface area (Å²) in [6, 6.07) is 11.4. The number of halogens is 2. The zero-order valence-corrected chi connectivity index (χ0v) is 16.9. The molecule has 1 N–H and O–H groups in total. The molecule has 1 atom stereocenters. The molecule has 2 aromatic rings. The van der Waals surface area contributed by atoms with E-state index in [9.17, 15) is 9.18 Å². The monoisotopic (exact) mass is 405 g/mol. The number of benzene rings is 2. The van der Waals surface area contributed by atoms with Crippen molar-refractivity contribution in [1.82, 2.24) is 9.80 Å². The molecule has 0 aliphatic carbocycles. The van der Waals surface area contributed by atoms with Gasteiger partial charge < -0.3 is 10.1 Å². The maximum absolute atomic E-state index is 13.6. The molecule has 0 spiro atoms. The van der Waals surface area contributed by atoms with Crippen LogP contribution in [0.2, 0.25) is 5.02 Å². The molecule has 2 aromatic carbocycles. The molecule has 0 aromatic heterocycles. The van der Waals surface area contributed by atoms with Crippen LogP contribution < -0.4 is 10.1 Å². The molecule has 0 bridgehead atoms. The summed E-state index contributed by atoms with van der Waals surface area (Å²) in [5, 5.41) is 3.56. The molecule has 1 heterocycles. The lowest BCUT2D eigenvalue weighted by atomic mass is 10.1. The summed E-state index contributed by atoms with van der Waals surface area (Å²) in [7, 11) is 1.59. The van der Waals surface area contributed by atoms with Gasteiger partial charge in [0, 0.05) is 49.0 Å². The molecular weight excluding hydrogens is 381 g/mol. The molecule has 0 radical (unpaired) electrons. The first-order valence-electron chi connectivity index (χ1n) is 9.31. The maximum Gasteiger partial charge on any atom is 0.241 e. The van der Waals surface area contributed by atoms with Crippen LogP contribution in [0.4, 0.5) is 10.1 Å². The van der Waals surface area contributed by atoms with E-state index in [4.69, 9.17) is 16.3 Å². The van der Waals surface area contributed by atoms with E-state index in [1.807, 2.05) is 6.92 Å². The highest BCUT2D eigenvalue weighted by Crippen LogP contribution is 2.22. The van der Waals surface area contributed by atoms with E-state index in [-0.39, 0.29) is 17.8 Å². The van der Waals surface area contributed by atoms with Crippen LogP contribution in [0.25, 0.3) is 0 Å². The summed E-state index contributed by atoms with van der Waals surface area (Å²) >= 11 is 5.88. The van der Waals surface area contributed by atoms with Crippen LogP contribution in [0.5, 0.6) is 5.75 Å². The van der Waals surface area contributed by atoms with Crippen molar-refractivity contribution in [1.29, 1.82) is 0 Å². The Morgan fingerprint density at radius 1 is 1.18 bits per heavy atom. The number of rotatable bonds is 6. The molecule has 1 aliphatic rings. The Labute approximate surface area is 170 Å². The minimum absolute atomic E-state index is 0.0393. The lowest BCUT2D eigenvalue weighted by Gasteiger charge is -2.37. The molecule has 28 heavy (non-hydrogen) atoms. The summed E-state index contributed by atoms with van der Waals surface area (Å²) in [6.07, 6.45) is 0. The minimum Gasteiger partial charge on any atom is -0.496 e. The average Bonchev–Trinajstić information content (AvgIpc) is 2.70. The van der Waals surface area contributed by atoms with E-state index in [1.54, 1.807) is 37.4 Å². The number of amides is 1. The van der Waals surface area contributed by atoms with Crippen LogP contribution in [-0.4, -0.2) is 55.0 Å². The van der Waals surface area contributed by atoms with Crippen molar-refractivity contribution in [2.24, 2.45) is 0 Å². The number of methoxy groups -OCH3 is 1. The SMILES string of the molecule is COc1ccc(F)cc1CN1CCN([C@H](C)C(=O)Nc2ccc(Cl)cc2)CC1. The van der Waals surface area contributed by atoms with Gasteiger partial charge in [-0.25, -0.2) is 4.39 Å². The van der Waals surface area contributed by atoms with Gasteiger partial charge in [0.2, 0.25) is 5.91 Å². The molecule has 1 saturated heterocycles. The largest absolute Gasteiger partial charge is 0.496 e. The number of piperazine rings is 1. The summed E-state index contributed by atoms with van der Waals surface area (Å²) in [6.45, 7) is 5.69. The van der Waals surface area contributed by atoms with E-state index in [2.05, 4.69) is 15.1 Å². The third-order valence-electron chi connectivity index (χ3n) is 5.08. The van der Waals surface area contributed by atoms with Gasteiger partial charge in [-0.3, -0.25) is 14.6 Å². The molecule has 3 rings (SSSR count). The second kappa shape index (κ2) is 9.37. The number of nitrogens with zero attached hydrogens (tertiary/aromatic N) is 2. The van der Waals surface area contributed by atoms with Crippen LogP contribution in [-0.2, 0) is 11.3 Å². The molecule has 7 heteroatoms. The normalized spacial score (nSPS) is 16.6. The van der Waals surface area contributed by atoms with E-state index in [0.717, 1.165) is 37.4 Å². The number of anilines is 1. The van der Waals surface area contributed by atoms with Gasteiger partial charge in [0.15, 0.2) is 0 Å². The number of carbonyl (C=O) groups excluding carboxylic acids is 1. The highest BCUT2D eigenvalue weighted by atomic mass is 35.5. The number of carbonyl (C=O) groups is 1. The quantitative estimate of drug-likeness (QED) is 0.797. The van der Waals surface area contributed by atoms with Crippen molar-refractivity contribution >= 4 is 23.2 Å². The minimum atomic E-state index is -0.262. The first kappa shape index (κ1) is 20.6. The van der Waals surface area contributed by atoms with Gasteiger partial charge in [-0.2, -0.15) is 0 Å². The molecular formula is C21H25ClFN3O2. The second-order valence-electron chi connectivity index (χ2n) is 6.94. The smallest absolute Gasteiger partial charge is 0.241 e. The Hall–Kier alpha value is -2.15. The van der Waals surface area contributed by atoms with Crippen molar-refractivity contribution < 1.29 is 13.9 Å². The standard InChI is InChI=1S/C21H25ClFN3O2/c1-15(21(27)24-19-6-3-17(22)4-7-19)26-11-9-25(10-12-26)14-16-13-18(23)5-8-20(16)28-2/h3-8,13,15H,9-12,14H2,1-2H3,(H,24,27)/t15-/m1/s1. The fourth-order valence-electron chi connectivity index (χ4n) is 3.37. The van der Waals surface area contributed by atoms with E-state index in [0.29, 0.717) is 17.3 Å². The molecule has 1 fully saturated rings. The molecule has 0 saturated carbocycles. The third-order valence-corrected chi connectivity index (χ3v) is 5.33. The number of hydrogen-bond acceptors (Lipinski definition) is 4. The molecule has 1 amide bonds. The van der Waals surface area contributed by atoms with E-state index < -0.39 is 0 Å². The lowest BCUT2D eigenvalue weighted by Crippen LogP contribution is -2.52. The molecule has 5 nitrogen and oxygen atoms in total. The van der Waals surface area contributed by atoms with Gasteiger partial charge in [0.25, 0.3) is 0 Å². The van der Waals surface area contributed by atoms with E-state index >= 15 is 0 Å². The lowest BCUT2D eigenvalue weighted by molar-refractivity contribution is -0.121. The van der Waals surface area contributed by atoms with Gasteiger partial charge in [0.1, 0.15) is 11.6 Å². The first-order valence-corrected chi connectivity index (χ1v) is 9.69. The van der Waals surface area contributed by atoms with Gasteiger partial charge in [-0.15, -0.1) is 0 Å². The fourth-order valence-corrected chi connectivity index (χ4v) is 3.49. The van der Waals surface area contributed by atoms with Crippen molar-refractivity contribution in [3.8, 4) is 5.75 Å². The predicted molar refractivity (Wildman–Crippen MR) is 109 cm³/mol. The van der Waals surface area contributed by atoms with Gasteiger partial charge in [-0.1, -0.05) is 11.6 Å². The van der Waals surface area contributed by atoms with Crippen LogP contribution in [0.3, 0.4) is 0 Å². The van der Waals surface area contributed by atoms with Crippen LogP contribution in [0, 0.1) is 5.82 Å². The fraction of sp³-hybridized carbons (Fsp3) is 0.381. The summed E-state index contributed by atoms with van der Waals surface area (Å²) in [4.78, 5) is 16.9. The summed E-state index contributed by atoms with van der Waals surface area (Å²) < 4.78 is 18.9. The van der Waals surface area contributed by atoms with Crippen LogP contribution >= 0.6 is 11.6 Å². The number of hydrogen-bond donors (Lipinski definition) is 1. The molecule has 0 unspecified atom stereocenters. The van der Waals surface area contributed by atoms with Gasteiger partial charge in [0.05, 0.1) is 13.2 Å². The molecule has 150 valence electrons. The number of ether oxygens (including phenoxy) is 1. The Kier molecular flexibility index (Phi) is 6.88. The zero-order valence-electron chi connectivity index (χ0n) is 16.1. The maximum atomic E-state index is 13.6. The molecule has 1 aliphatic heterocycles. The van der Waals surface area contributed by atoms with E-state index in [1.165, 1.54) is 12.1 Å². The van der Waals surface area contributed by atoms with Gasteiger partial charge in [-0.05, 0) is 49.4 Å². The van der Waals surface area contributed by atoms with Gasteiger partial charge >= 0.3 is 0 Å². The summed E-state index contributed by atoms with van der Waals surface area (Å²) in [5.74, 6) is 0.393. The Bertz CT molecular complexity index is 808. The Morgan fingerprint density at radius 2 is 1.86 bits per heavy atom. The second-order valence-corrected chi connectivity index (χ2v) is 7.38. The topological polar surface area (TPSA) is 44.8 Å². The Morgan fingerprint density at radius 3 is 2.50 bits per heavy atom. The Balaban J connectivity index is 1.52. The van der Waals surface area contributed by atoms with Crippen molar-refractivity contribution in [3.05, 3.63) is 58.9 Å². The van der Waals surface area contributed by atoms with Crippen LogP contribution in [0.1, 0.15) is 12.5 Å². The van der Waals surface area contributed by atoms with Crippen molar-refractivity contribution in [2.45, 2.75) is 19.5 Å². The highest BCUT2D eigenvalue weighted by Gasteiger charge is 2.26. The third kappa shape index (κ3) is 5.22. The highest BCUT2D eigenvalue weighted by molar-refractivity contribution is 6.30. The zero-order chi connectivity index (χ0) is 20.1. The summed E-state index contributed by atoms with van der Waals surface area (Å²) in [5.41, 5.74) is 1.57. The first-order chi connectivity index (χ1) is 13.5. The van der Waals surface area contributed by atoms with Crippen molar-refractivity contribution in [3.63, 3.8) is 0 Å². The average molecular weight is 406 g/mol. The number of nitrogens with one attached hydrogen (secondary N) is 1. The van der Waals surface area contributed by atoms with Crippen LogP contribution in [0.15, 0.2) is 42.5 Å².